The van der Waals surface area contributed by atoms with Crippen molar-refractivity contribution in [3.8, 4) is 0 Å². The van der Waals surface area contributed by atoms with Gasteiger partial charge in [-0.1, -0.05) is 49.6 Å². The van der Waals surface area contributed by atoms with E-state index in [4.69, 9.17) is 4.42 Å². The van der Waals surface area contributed by atoms with Gasteiger partial charge in [0, 0.05) is 16.8 Å². The van der Waals surface area contributed by atoms with Crippen molar-refractivity contribution in [1.82, 2.24) is 10.6 Å². The fourth-order valence-corrected chi connectivity index (χ4v) is 5.93. The number of nitrogens with zero attached hydrogens (tertiary/aromatic N) is 1. The van der Waals surface area contributed by atoms with E-state index in [0.29, 0.717) is 31.4 Å². The molecule has 2 aliphatic rings. The smallest absolute Gasteiger partial charge is 0.287 e. The summed E-state index contributed by atoms with van der Waals surface area (Å²) in [5, 5.41) is 6.83. The van der Waals surface area contributed by atoms with Gasteiger partial charge in [0.25, 0.3) is 5.91 Å². The molecular formula is C28H31N3O4S. The Morgan fingerprint density at radius 2 is 1.81 bits per heavy atom. The molecule has 1 saturated heterocycles. The maximum absolute atomic E-state index is 13.6. The number of benzene rings is 2. The van der Waals surface area contributed by atoms with Crippen LogP contribution in [-0.4, -0.2) is 48.5 Å². The first-order chi connectivity index (χ1) is 17.5. The third-order valence-electron chi connectivity index (χ3n) is 7.30. The van der Waals surface area contributed by atoms with Gasteiger partial charge < -0.3 is 20.0 Å². The van der Waals surface area contributed by atoms with Gasteiger partial charge >= 0.3 is 0 Å². The Hall–Kier alpha value is -3.26. The maximum Gasteiger partial charge on any atom is 0.287 e. The first kappa shape index (κ1) is 24.4. The van der Waals surface area contributed by atoms with Crippen LogP contribution in [0.5, 0.6) is 0 Å². The number of carbonyl (C=O) groups is 3. The number of Topliss-reactive ketones (excluding diaryl/α,β-unsaturated/α-hetero) is 1. The number of ketones is 1. The van der Waals surface area contributed by atoms with Crippen LogP contribution in [0.4, 0.5) is 5.69 Å². The maximum atomic E-state index is 13.6. The second kappa shape index (κ2) is 10.4. The van der Waals surface area contributed by atoms with Crippen molar-refractivity contribution >= 4 is 46.0 Å². The molecule has 1 atom stereocenters. The van der Waals surface area contributed by atoms with Gasteiger partial charge in [0.15, 0.2) is 11.5 Å². The highest BCUT2D eigenvalue weighted by Gasteiger charge is 2.43. The Bertz CT molecular complexity index is 1250. The van der Waals surface area contributed by atoms with Crippen LogP contribution in [-0.2, 0) is 9.59 Å². The predicted octanol–water partition coefficient (Wildman–Crippen LogP) is 4.55. The van der Waals surface area contributed by atoms with E-state index in [1.165, 1.54) is 0 Å². The summed E-state index contributed by atoms with van der Waals surface area (Å²) in [7, 11) is 0. The van der Waals surface area contributed by atoms with Gasteiger partial charge in [0.2, 0.25) is 5.91 Å². The molecule has 7 nitrogen and oxygen atoms in total. The molecule has 3 aromatic rings. The number of fused-ring (bicyclic) bond motifs is 1. The van der Waals surface area contributed by atoms with Gasteiger partial charge in [-0.05, 0) is 49.8 Å². The number of amides is 2. The van der Waals surface area contributed by atoms with Crippen LogP contribution < -0.4 is 15.5 Å². The summed E-state index contributed by atoms with van der Waals surface area (Å²) in [5.74, 6) is -0.507. The normalized spacial score (nSPS) is 19.8. The SMILES string of the molecule is CSc1ccccc1N1CCC(NC(=O)C2(NC(=O)c3cc4ccccc4o3)CCCCC2)C(=O)C1. The molecule has 1 aromatic heterocycles. The highest BCUT2D eigenvalue weighted by Crippen LogP contribution is 2.32. The summed E-state index contributed by atoms with van der Waals surface area (Å²) < 4.78 is 5.73. The standard InChI is InChI=1S/C28H31N3O4S/c1-36-25-12-6-4-10-21(25)31-16-13-20(22(32)18-31)29-27(34)28(14-7-2-8-15-28)30-26(33)24-17-19-9-3-5-11-23(19)35-24/h3-6,9-12,17,20H,2,7-8,13-16,18H2,1H3,(H,29,34)(H,30,33). The lowest BCUT2D eigenvalue weighted by Gasteiger charge is -2.39. The second-order valence-electron chi connectivity index (χ2n) is 9.62. The summed E-state index contributed by atoms with van der Waals surface area (Å²) in [4.78, 5) is 43.0. The number of carbonyl (C=O) groups excluding carboxylic acids is 3. The van der Waals surface area contributed by atoms with Gasteiger partial charge in [-0.3, -0.25) is 14.4 Å². The van der Waals surface area contributed by atoms with Crippen LogP contribution in [0.25, 0.3) is 11.0 Å². The zero-order valence-corrected chi connectivity index (χ0v) is 21.2. The molecule has 1 unspecified atom stereocenters. The summed E-state index contributed by atoms with van der Waals surface area (Å²) in [5.41, 5.74) is 0.632. The Kier molecular flexibility index (Phi) is 7.05. The van der Waals surface area contributed by atoms with Crippen LogP contribution in [0.2, 0.25) is 0 Å². The zero-order valence-electron chi connectivity index (χ0n) is 20.4. The minimum atomic E-state index is -1.04. The molecule has 0 spiro atoms. The van der Waals surface area contributed by atoms with E-state index >= 15 is 0 Å². The number of nitrogens with one attached hydrogen (secondary N) is 2. The molecule has 2 fully saturated rings. The van der Waals surface area contributed by atoms with E-state index in [2.05, 4.69) is 21.6 Å². The number of piperidine rings is 1. The monoisotopic (exact) mass is 505 g/mol. The summed E-state index contributed by atoms with van der Waals surface area (Å²) in [6, 6.07) is 16.6. The second-order valence-corrected chi connectivity index (χ2v) is 10.5. The summed E-state index contributed by atoms with van der Waals surface area (Å²) >= 11 is 1.65. The quantitative estimate of drug-likeness (QED) is 0.478. The molecule has 36 heavy (non-hydrogen) atoms. The lowest BCUT2D eigenvalue weighted by Crippen LogP contribution is -2.63. The molecule has 188 valence electrons. The third-order valence-corrected chi connectivity index (χ3v) is 8.08. The van der Waals surface area contributed by atoms with Gasteiger partial charge in [0.1, 0.15) is 11.1 Å². The number of anilines is 1. The molecule has 0 radical (unpaired) electrons. The molecule has 2 aromatic carbocycles. The van der Waals surface area contributed by atoms with Gasteiger partial charge in [-0.2, -0.15) is 0 Å². The van der Waals surface area contributed by atoms with Crippen LogP contribution in [0.1, 0.15) is 49.1 Å². The molecule has 5 rings (SSSR count). The average Bonchev–Trinajstić information content (AvgIpc) is 3.35. The van der Waals surface area contributed by atoms with E-state index in [-0.39, 0.29) is 24.0 Å². The summed E-state index contributed by atoms with van der Waals surface area (Å²) in [6.07, 6.45) is 6.33. The van der Waals surface area contributed by atoms with Gasteiger partial charge in [-0.15, -0.1) is 11.8 Å². The van der Waals surface area contributed by atoms with Crippen molar-refractivity contribution in [2.24, 2.45) is 0 Å². The Morgan fingerprint density at radius 1 is 1.06 bits per heavy atom. The van der Waals surface area contributed by atoms with Crippen molar-refractivity contribution < 1.29 is 18.8 Å². The highest BCUT2D eigenvalue weighted by atomic mass is 32.2. The van der Waals surface area contributed by atoms with E-state index < -0.39 is 17.5 Å². The van der Waals surface area contributed by atoms with Crippen LogP contribution >= 0.6 is 11.8 Å². The number of hydrogen-bond acceptors (Lipinski definition) is 6. The van der Waals surface area contributed by atoms with E-state index in [9.17, 15) is 14.4 Å². The molecule has 2 N–H and O–H groups in total. The molecule has 2 heterocycles. The minimum Gasteiger partial charge on any atom is -0.451 e. The predicted molar refractivity (Wildman–Crippen MR) is 141 cm³/mol. The fraction of sp³-hybridized carbons (Fsp3) is 0.393. The van der Waals surface area contributed by atoms with Crippen LogP contribution in [0.3, 0.4) is 0 Å². The fourth-order valence-electron chi connectivity index (χ4n) is 5.31. The first-order valence-electron chi connectivity index (χ1n) is 12.5. The van der Waals surface area contributed by atoms with Crippen molar-refractivity contribution in [3.05, 3.63) is 60.4 Å². The van der Waals surface area contributed by atoms with E-state index in [0.717, 1.165) is 35.2 Å². The molecule has 0 bridgehead atoms. The van der Waals surface area contributed by atoms with Crippen molar-refractivity contribution in [2.75, 3.05) is 24.2 Å². The molecule has 2 amide bonds. The lowest BCUT2D eigenvalue weighted by atomic mass is 9.80. The molecule has 1 saturated carbocycles. The molecule has 1 aliphatic carbocycles. The van der Waals surface area contributed by atoms with Crippen molar-refractivity contribution in [2.45, 2.75) is 55.0 Å². The average molecular weight is 506 g/mol. The van der Waals surface area contributed by atoms with Gasteiger partial charge in [-0.25, -0.2) is 0 Å². The number of rotatable bonds is 6. The van der Waals surface area contributed by atoms with Crippen molar-refractivity contribution in [3.63, 3.8) is 0 Å². The number of hydrogen-bond donors (Lipinski definition) is 2. The van der Waals surface area contributed by atoms with E-state index in [1.807, 2.05) is 48.7 Å². The molecule has 8 heteroatoms. The molecule has 1 aliphatic heterocycles. The van der Waals surface area contributed by atoms with Crippen molar-refractivity contribution in [1.29, 1.82) is 0 Å². The number of thioether (sulfide) groups is 1. The van der Waals surface area contributed by atoms with Gasteiger partial charge in [0.05, 0.1) is 18.3 Å². The van der Waals surface area contributed by atoms with E-state index in [1.54, 1.807) is 17.8 Å². The molecular weight excluding hydrogens is 474 g/mol. The summed E-state index contributed by atoms with van der Waals surface area (Å²) in [6.45, 7) is 0.924. The number of furan rings is 1. The highest BCUT2D eigenvalue weighted by molar-refractivity contribution is 7.98. The first-order valence-corrected chi connectivity index (χ1v) is 13.7. The Labute approximate surface area is 215 Å². The van der Waals surface area contributed by atoms with Crippen LogP contribution in [0, 0.1) is 0 Å². The Balaban J connectivity index is 1.28. The third kappa shape index (κ3) is 4.87. The Morgan fingerprint density at radius 3 is 2.56 bits per heavy atom. The lowest BCUT2D eigenvalue weighted by molar-refractivity contribution is -0.133. The minimum absolute atomic E-state index is 0.0138. The topological polar surface area (TPSA) is 91.7 Å². The number of para-hydroxylation sites is 2. The zero-order chi connectivity index (χ0) is 25.1. The largest absolute Gasteiger partial charge is 0.451 e. The van der Waals surface area contributed by atoms with Crippen LogP contribution in [0.15, 0.2) is 63.9 Å².